The van der Waals surface area contributed by atoms with Crippen LogP contribution in [-0.4, -0.2) is 21.8 Å². The van der Waals surface area contributed by atoms with Crippen LogP contribution in [0.3, 0.4) is 0 Å². The van der Waals surface area contributed by atoms with Gasteiger partial charge in [-0.15, -0.1) is 0 Å². The monoisotopic (exact) mass is 298 g/mol. The molecule has 0 bridgehead atoms. The molecule has 7 heteroatoms. The quantitative estimate of drug-likeness (QED) is 0.912. The van der Waals surface area contributed by atoms with Gasteiger partial charge in [0.2, 0.25) is 5.91 Å². The zero-order valence-corrected chi connectivity index (χ0v) is 10.8. The zero-order valence-electron chi connectivity index (χ0n) is 10.8. The van der Waals surface area contributed by atoms with Crippen LogP contribution in [0.4, 0.5) is 18.9 Å². The van der Waals surface area contributed by atoms with Crippen LogP contribution >= 0.6 is 0 Å². The lowest BCUT2D eigenvalue weighted by Gasteiger charge is -2.12. The van der Waals surface area contributed by atoms with Gasteiger partial charge in [-0.1, -0.05) is 18.2 Å². The van der Waals surface area contributed by atoms with E-state index in [4.69, 9.17) is 5.11 Å². The second kappa shape index (κ2) is 6.01. The fourth-order valence-corrected chi connectivity index (χ4v) is 1.80. The molecule has 0 radical (unpaired) electrons. The van der Waals surface area contributed by atoms with E-state index in [1.54, 1.807) is 30.3 Å². The standard InChI is InChI=1S/C14H13F3N2O2/c15-14(16,17)13(21)10-6-7-19(8-10)9-12(20)18-11-4-2-1-3-5-11/h1-8,13,21H,9H2,(H,18,20). The summed E-state index contributed by atoms with van der Waals surface area (Å²) in [7, 11) is 0. The Morgan fingerprint density at radius 3 is 2.52 bits per heavy atom. The number of hydrogen-bond acceptors (Lipinski definition) is 2. The van der Waals surface area contributed by atoms with Crippen LogP contribution in [0, 0.1) is 0 Å². The number of amides is 1. The SMILES string of the molecule is O=C(Cn1ccc(C(O)C(F)(F)F)c1)Nc1ccccc1. The van der Waals surface area contributed by atoms with Crippen LogP contribution in [0.5, 0.6) is 0 Å². The van der Waals surface area contributed by atoms with E-state index in [-0.39, 0.29) is 18.0 Å². The second-order valence-corrected chi connectivity index (χ2v) is 4.48. The minimum absolute atomic E-state index is 0.139. The molecule has 0 spiro atoms. The Bertz CT molecular complexity index is 608. The molecule has 4 nitrogen and oxygen atoms in total. The minimum Gasteiger partial charge on any atom is -0.379 e. The number of hydrogen-bond donors (Lipinski definition) is 2. The lowest BCUT2D eigenvalue weighted by Crippen LogP contribution is -2.20. The number of halogens is 3. The normalized spacial score (nSPS) is 13.0. The molecular weight excluding hydrogens is 285 g/mol. The molecule has 0 aliphatic heterocycles. The fourth-order valence-electron chi connectivity index (χ4n) is 1.80. The summed E-state index contributed by atoms with van der Waals surface area (Å²) >= 11 is 0. The number of aliphatic hydroxyl groups is 1. The molecule has 0 aliphatic carbocycles. The molecule has 21 heavy (non-hydrogen) atoms. The van der Waals surface area contributed by atoms with Gasteiger partial charge in [-0.3, -0.25) is 4.79 Å². The van der Waals surface area contributed by atoms with Crippen LogP contribution in [-0.2, 0) is 11.3 Å². The summed E-state index contributed by atoms with van der Waals surface area (Å²) in [5, 5.41) is 11.7. The molecule has 1 heterocycles. The van der Waals surface area contributed by atoms with Gasteiger partial charge in [0.25, 0.3) is 0 Å². The van der Waals surface area contributed by atoms with Crippen molar-refractivity contribution >= 4 is 11.6 Å². The molecule has 1 aromatic carbocycles. The van der Waals surface area contributed by atoms with E-state index in [0.29, 0.717) is 5.69 Å². The highest BCUT2D eigenvalue weighted by Crippen LogP contribution is 2.32. The first kappa shape index (κ1) is 15.1. The van der Waals surface area contributed by atoms with Crippen molar-refractivity contribution in [2.75, 3.05) is 5.32 Å². The van der Waals surface area contributed by atoms with Gasteiger partial charge in [-0.05, 0) is 18.2 Å². The summed E-state index contributed by atoms with van der Waals surface area (Å²) < 4.78 is 38.3. The maximum atomic E-state index is 12.4. The highest BCUT2D eigenvalue weighted by molar-refractivity contribution is 5.90. The van der Waals surface area contributed by atoms with Gasteiger partial charge in [0.05, 0.1) is 0 Å². The van der Waals surface area contributed by atoms with Crippen molar-refractivity contribution in [3.8, 4) is 0 Å². The highest BCUT2D eigenvalue weighted by Gasteiger charge is 2.39. The summed E-state index contributed by atoms with van der Waals surface area (Å²) in [6.45, 7) is -0.139. The van der Waals surface area contributed by atoms with Crippen molar-refractivity contribution in [2.24, 2.45) is 0 Å². The van der Waals surface area contributed by atoms with E-state index in [1.807, 2.05) is 0 Å². The highest BCUT2D eigenvalue weighted by atomic mass is 19.4. The van der Waals surface area contributed by atoms with Crippen LogP contribution in [0.15, 0.2) is 48.8 Å². The van der Waals surface area contributed by atoms with Gasteiger partial charge in [0, 0.05) is 23.6 Å². The molecule has 0 aliphatic rings. The van der Waals surface area contributed by atoms with E-state index in [2.05, 4.69) is 5.32 Å². The molecule has 0 saturated carbocycles. The topological polar surface area (TPSA) is 54.3 Å². The number of nitrogens with zero attached hydrogens (tertiary/aromatic N) is 1. The number of para-hydroxylation sites is 1. The Labute approximate surface area is 118 Å². The molecule has 0 saturated heterocycles. The molecule has 2 N–H and O–H groups in total. The van der Waals surface area contributed by atoms with E-state index in [1.165, 1.54) is 10.8 Å². The maximum Gasteiger partial charge on any atom is 0.418 e. The van der Waals surface area contributed by atoms with Gasteiger partial charge < -0.3 is 15.0 Å². The van der Waals surface area contributed by atoms with Gasteiger partial charge in [-0.25, -0.2) is 0 Å². The summed E-state index contributed by atoms with van der Waals surface area (Å²) in [4.78, 5) is 11.7. The summed E-state index contributed by atoms with van der Waals surface area (Å²) in [6, 6.07) is 9.84. The lowest BCUT2D eigenvalue weighted by molar-refractivity contribution is -0.206. The molecule has 2 rings (SSSR count). The van der Waals surface area contributed by atoms with Gasteiger partial charge >= 0.3 is 6.18 Å². The molecule has 1 atom stereocenters. The Balaban J connectivity index is 1.98. The van der Waals surface area contributed by atoms with Crippen LogP contribution in [0.1, 0.15) is 11.7 Å². The van der Waals surface area contributed by atoms with E-state index in [0.717, 1.165) is 12.3 Å². The molecule has 1 aromatic heterocycles. The molecular formula is C14H13F3N2O2. The molecule has 0 fully saturated rings. The smallest absolute Gasteiger partial charge is 0.379 e. The first-order valence-electron chi connectivity index (χ1n) is 6.11. The molecule has 2 aromatic rings. The van der Waals surface area contributed by atoms with Gasteiger partial charge in [0.1, 0.15) is 6.54 Å². The molecule has 1 amide bonds. The van der Waals surface area contributed by atoms with Crippen LogP contribution in [0.2, 0.25) is 0 Å². The third-order valence-corrected chi connectivity index (χ3v) is 2.78. The Hall–Kier alpha value is -2.28. The van der Waals surface area contributed by atoms with Gasteiger partial charge in [0.15, 0.2) is 6.10 Å². The predicted octanol–water partition coefficient (Wildman–Crippen LogP) is 2.72. The van der Waals surface area contributed by atoms with Crippen molar-refractivity contribution < 1.29 is 23.1 Å². The van der Waals surface area contributed by atoms with E-state index >= 15 is 0 Å². The van der Waals surface area contributed by atoms with Crippen LogP contribution < -0.4 is 5.32 Å². The first-order chi connectivity index (χ1) is 9.86. The summed E-state index contributed by atoms with van der Waals surface area (Å²) in [6.07, 6.45) is -4.85. The fraction of sp³-hybridized carbons (Fsp3) is 0.214. The van der Waals surface area contributed by atoms with Gasteiger partial charge in [-0.2, -0.15) is 13.2 Å². The van der Waals surface area contributed by atoms with Crippen molar-refractivity contribution in [1.82, 2.24) is 4.57 Å². The number of aromatic nitrogens is 1. The lowest BCUT2D eigenvalue weighted by atomic mass is 10.2. The summed E-state index contributed by atoms with van der Waals surface area (Å²) in [5.74, 6) is -0.371. The predicted molar refractivity (Wildman–Crippen MR) is 70.5 cm³/mol. The van der Waals surface area contributed by atoms with E-state index < -0.39 is 12.3 Å². The van der Waals surface area contributed by atoms with E-state index in [9.17, 15) is 18.0 Å². The van der Waals surface area contributed by atoms with Crippen molar-refractivity contribution in [3.05, 3.63) is 54.4 Å². The third-order valence-electron chi connectivity index (χ3n) is 2.78. The van der Waals surface area contributed by atoms with Crippen molar-refractivity contribution in [1.29, 1.82) is 0 Å². The van der Waals surface area contributed by atoms with Crippen molar-refractivity contribution in [2.45, 2.75) is 18.8 Å². The number of aliphatic hydroxyl groups excluding tert-OH is 1. The average molecular weight is 298 g/mol. The third kappa shape index (κ3) is 4.09. The first-order valence-corrected chi connectivity index (χ1v) is 6.11. The number of benzene rings is 1. The second-order valence-electron chi connectivity index (χ2n) is 4.48. The largest absolute Gasteiger partial charge is 0.418 e. The Morgan fingerprint density at radius 1 is 1.24 bits per heavy atom. The molecule has 1 unspecified atom stereocenters. The number of carbonyl (C=O) groups is 1. The number of rotatable bonds is 4. The zero-order chi connectivity index (χ0) is 15.5. The Morgan fingerprint density at radius 2 is 1.90 bits per heavy atom. The number of carbonyl (C=O) groups excluding carboxylic acids is 1. The average Bonchev–Trinajstić information content (AvgIpc) is 2.86. The van der Waals surface area contributed by atoms with Crippen LogP contribution in [0.25, 0.3) is 0 Å². The Kier molecular flexibility index (Phi) is 4.32. The number of anilines is 1. The summed E-state index contributed by atoms with van der Waals surface area (Å²) in [5.41, 5.74) is 0.306. The maximum absolute atomic E-state index is 12.4. The molecule has 112 valence electrons. The minimum atomic E-state index is -4.72. The van der Waals surface area contributed by atoms with Crippen molar-refractivity contribution in [3.63, 3.8) is 0 Å². The number of nitrogens with one attached hydrogen (secondary N) is 1. The number of alkyl halides is 3.